The third-order valence-corrected chi connectivity index (χ3v) is 4.96. The lowest BCUT2D eigenvalue weighted by atomic mass is 9.96. The smallest absolute Gasteiger partial charge is 0.410 e. The third-order valence-electron chi connectivity index (χ3n) is 4.96. The minimum Gasteiger partial charge on any atom is -0.496 e. The Morgan fingerprint density at radius 2 is 1.68 bits per heavy atom. The molecule has 1 amide bonds. The van der Waals surface area contributed by atoms with Gasteiger partial charge in [0.05, 0.1) is 7.11 Å². The van der Waals surface area contributed by atoms with Crippen LogP contribution in [-0.2, 0) is 4.74 Å². The second-order valence-corrected chi connectivity index (χ2v) is 7.79. The summed E-state index contributed by atoms with van der Waals surface area (Å²) < 4.78 is 10.9. The molecule has 0 bridgehead atoms. The van der Waals surface area contributed by atoms with E-state index in [4.69, 9.17) is 9.47 Å². The Labute approximate surface area is 151 Å². The molecule has 140 valence electrons. The molecule has 0 N–H and O–H groups in total. The van der Waals surface area contributed by atoms with Crippen LogP contribution in [0.2, 0.25) is 0 Å². The minimum absolute atomic E-state index is 0.212. The number of hydrogen-bond acceptors (Lipinski definition) is 4. The SMILES string of the molecule is COc1ccc(C(C)N2CCN(C(=O)OC(C)(C)C)CC2)c(C)c1C. The van der Waals surface area contributed by atoms with Crippen LogP contribution in [0.3, 0.4) is 0 Å². The van der Waals surface area contributed by atoms with Gasteiger partial charge >= 0.3 is 6.09 Å². The van der Waals surface area contributed by atoms with E-state index < -0.39 is 5.60 Å². The van der Waals surface area contributed by atoms with Crippen molar-refractivity contribution in [1.29, 1.82) is 0 Å². The van der Waals surface area contributed by atoms with Crippen LogP contribution >= 0.6 is 0 Å². The number of carbonyl (C=O) groups excluding carboxylic acids is 1. The first-order valence-corrected chi connectivity index (χ1v) is 9.00. The van der Waals surface area contributed by atoms with Gasteiger partial charge in [-0.3, -0.25) is 4.90 Å². The fourth-order valence-corrected chi connectivity index (χ4v) is 3.31. The summed E-state index contributed by atoms with van der Waals surface area (Å²) in [6.45, 7) is 15.3. The lowest BCUT2D eigenvalue weighted by Gasteiger charge is -2.39. The maximum absolute atomic E-state index is 12.2. The summed E-state index contributed by atoms with van der Waals surface area (Å²) in [5.74, 6) is 0.934. The molecule has 25 heavy (non-hydrogen) atoms. The first kappa shape index (κ1) is 19.6. The summed E-state index contributed by atoms with van der Waals surface area (Å²) >= 11 is 0. The lowest BCUT2D eigenvalue weighted by molar-refractivity contribution is 0.0110. The highest BCUT2D eigenvalue weighted by Crippen LogP contribution is 2.31. The van der Waals surface area contributed by atoms with E-state index in [1.165, 1.54) is 16.7 Å². The largest absolute Gasteiger partial charge is 0.496 e. The molecule has 0 radical (unpaired) electrons. The van der Waals surface area contributed by atoms with Crippen molar-refractivity contribution in [2.75, 3.05) is 33.3 Å². The van der Waals surface area contributed by atoms with Crippen molar-refractivity contribution in [3.05, 3.63) is 28.8 Å². The van der Waals surface area contributed by atoms with Gasteiger partial charge in [-0.15, -0.1) is 0 Å². The molecule has 1 saturated heterocycles. The molecule has 1 aliphatic rings. The van der Waals surface area contributed by atoms with Gasteiger partial charge in [-0.1, -0.05) is 6.07 Å². The molecule has 5 heteroatoms. The molecule has 0 spiro atoms. The average Bonchev–Trinajstić information content (AvgIpc) is 2.55. The monoisotopic (exact) mass is 348 g/mol. The normalized spacial score (nSPS) is 17.3. The van der Waals surface area contributed by atoms with E-state index in [-0.39, 0.29) is 6.09 Å². The quantitative estimate of drug-likeness (QED) is 0.830. The molecule has 0 aliphatic carbocycles. The summed E-state index contributed by atoms with van der Waals surface area (Å²) in [4.78, 5) is 16.4. The lowest BCUT2D eigenvalue weighted by Crippen LogP contribution is -2.50. The van der Waals surface area contributed by atoms with E-state index in [9.17, 15) is 4.79 Å². The second kappa shape index (κ2) is 7.65. The summed E-state index contributed by atoms with van der Waals surface area (Å²) in [5.41, 5.74) is 3.35. The van der Waals surface area contributed by atoms with E-state index in [0.29, 0.717) is 19.1 Å². The van der Waals surface area contributed by atoms with Crippen LogP contribution in [0.25, 0.3) is 0 Å². The number of hydrogen-bond donors (Lipinski definition) is 0. The summed E-state index contributed by atoms with van der Waals surface area (Å²) in [5, 5.41) is 0. The van der Waals surface area contributed by atoms with Gasteiger partial charge in [0.1, 0.15) is 11.4 Å². The zero-order valence-electron chi connectivity index (χ0n) is 16.7. The highest BCUT2D eigenvalue weighted by atomic mass is 16.6. The van der Waals surface area contributed by atoms with E-state index in [1.807, 2.05) is 26.8 Å². The van der Waals surface area contributed by atoms with E-state index in [0.717, 1.165) is 18.8 Å². The summed E-state index contributed by atoms with van der Waals surface area (Å²) in [7, 11) is 1.71. The van der Waals surface area contributed by atoms with Crippen LogP contribution in [-0.4, -0.2) is 54.8 Å². The van der Waals surface area contributed by atoms with Crippen LogP contribution in [0.5, 0.6) is 5.75 Å². The van der Waals surface area contributed by atoms with Crippen molar-refractivity contribution in [2.24, 2.45) is 0 Å². The topological polar surface area (TPSA) is 42.0 Å². The molecule has 1 heterocycles. The maximum Gasteiger partial charge on any atom is 0.410 e. The van der Waals surface area contributed by atoms with Gasteiger partial charge in [0.15, 0.2) is 0 Å². The standard InChI is InChI=1S/C20H32N2O3/c1-14-15(2)18(24-7)9-8-17(14)16(3)21-10-12-22(13-11-21)19(23)25-20(4,5)6/h8-9,16H,10-13H2,1-7H3. The molecule has 1 aromatic rings. The zero-order valence-corrected chi connectivity index (χ0v) is 16.7. The van der Waals surface area contributed by atoms with E-state index in [2.05, 4.69) is 31.7 Å². The maximum atomic E-state index is 12.2. The Kier molecular flexibility index (Phi) is 5.99. The number of ether oxygens (including phenoxy) is 2. The number of methoxy groups -OCH3 is 1. The van der Waals surface area contributed by atoms with Crippen molar-refractivity contribution in [2.45, 2.75) is 53.2 Å². The number of carbonyl (C=O) groups is 1. The van der Waals surface area contributed by atoms with E-state index >= 15 is 0 Å². The molecule has 0 aromatic heterocycles. The van der Waals surface area contributed by atoms with Crippen LogP contribution in [0.4, 0.5) is 4.79 Å². The molecule has 2 rings (SSSR count). The molecule has 5 nitrogen and oxygen atoms in total. The Morgan fingerprint density at radius 1 is 1.08 bits per heavy atom. The van der Waals surface area contributed by atoms with Crippen molar-refractivity contribution < 1.29 is 14.3 Å². The van der Waals surface area contributed by atoms with Crippen LogP contribution in [0.1, 0.15) is 50.4 Å². The van der Waals surface area contributed by atoms with Gasteiger partial charge in [0.2, 0.25) is 0 Å². The van der Waals surface area contributed by atoms with Crippen molar-refractivity contribution in [3.8, 4) is 5.75 Å². The number of benzene rings is 1. The molecule has 1 fully saturated rings. The van der Waals surface area contributed by atoms with Crippen molar-refractivity contribution >= 4 is 6.09 Å². The first-order valence-electron chi connectivity index (χ1n) is 9.00. The highest BCUT2D eigenvalue weighted by molar-refractivity contribution is 5.68. The Bertz CT molecular complexity index is 614. The predicted octanol–water partition coefficient (Wildman–Crippen LogP) is 3.93. The van der Waals surface area contributed by atoms with Gasteiger partial charge in [-0.2, -0.15) is 0 Å². The Balaban J connectivity index is 2.01. The predicted molar refractivity (Wildman–Crippen MR) is 100 cm³/mol. The molecule has 1 atom stereocenters. The summed E-state index contributed by atoms with van der Waals surface area (Å²) in [6.07, 6.45) is -0.212. The minimum atomic E-state index is -0.445. The molecular formula is C20H32N2O3. The Morgan fingerprint density at radius 3 is 2.20 bits per heavy atom. The second-order valence-electron chi connectivity index (χ2n) is 7.79. The number of amides is 1. The van der Waals surface area contributed by atoms with Crippen LogP contribution in [0, 0.1) is 13.8 Å². The van der Waals surface area contributed by atoms with Crippen LogP contribution < -0.4 is 4.74 Å². The highest BCUT2D eigenvalue weighted by Gasteiger charge is 2.28. The van der Waals surface area contributed by atoms with Crippen molar-refractivity contribution in [1.82, 2.24) is 9.80 Å². The van der Waals surface area contributed by atoms with Gasteiger partial charge < -0.3 is 14.4 Å². The van der Waals surface area contributed by atoms with Crippen molar-refractivity contribution in [3.63, 3.8) is 0 Å². The fraction of sp³-hybridized carbons (Fsp3) is 0.650. The molecule has 1 aliphatic heterocycles. The number of piperazine rings is 1. The van der Waals surface area contributed by atoms with Gasteiger partial charge in [0, 0.05) is 32.2 Å². The Hall–Kier alpha value is -1.75. The molecular weight excluding hydrogens is 316 g/mol. The zero-order chi connectivity index (χ0) is 18.8. The first-order chi connectivity index (χ1) is 11.6. The fourth-order valence-electron chi connectivity index (χ4n) is 3.31. The van der Waals surface area contributed by atoms with Crippen LogP contribution in [0.15, 0.2) is 12.1 Å². The average molecular weight is 348 g/mol. The third kappa shape index (κ3) is 4.66. The van der Waals surface area contributed by atoms with Gasteiger partial charge in [0.25, 0.3) is 0 Å². The van der Waals surface area contributed by atoms with Gasteiger partial charge in [-0.25, -0.2) is 4.79 Å². The molecule has 1 aromatic carbocycles. The molecule has 1 unspecified atom stereocenters. The summed E-state index contributed by atoms with van der Waals surface area (Å²) in [6, 6.07) is 4.52. The number of nitrogens with zero attached hydrogens (tertiary/aromatic N) is 2. The number of rotatable bonds is 3. The van der Waals surface area contributed by atoms with E-state index in [1.54, 1.807) is 12.0 Å². The molecule has 0 saturated carbocycles. The van der Waals surface area contributed by atoms with Gasteiger partial charge in [-0.05, 0) is 64.3 Å².